The zero-order valence-electron chi connectivity index (χ0n) is 11.6. The van der Waals surface area contributed by atoms with Crippen LogP contribution in [0.25, 0.3) is 0 Å². The number of hydrogen-bond donors (Lipinski definition) is 1. The maximum atomic E-state index is 5.39. The van der Waals surface area contributed by atoms with Gasteiger partial charge in [-0.05, 0) is 56.5 Å². The summed E-state index contributed by atoms with van der Waals surface area (Å²) in [6, 6.07) is 8.57. The van der Waals surface area contributed by atoms with Gasteiger partial charge in [0.2, 0.25) is 0 Å². The number of ether oxygens (including phenoxy) is 1. The molecule has 0 saturated heterocycles. The molecule has 18 heavy (non-hydrogen) atoms. The van der Waals surface area contributed by atoms with Crippen molar-refractivity contribution in [1.29, 1.82) is 0 Å². The summed E-state index contributed by atoms with van der Waals surface area (Å²) in [5, 5.41) is 3.45. The van der Waals surface area contributed by atoms with Crippen LogP contribution in [0.15, 0.2) is 28.7 Å². The van der Waals surface area contributed by atoms with Gasteiger partial charge in [-0.15, -0.1) is 0 Å². The second-order valence-corrected chi connectivity index (χ2v) is 5.71. The first-order valence-corrected chi connectivity index (χ1v) is 7.43. The fourth-order valence-electron chi connectivity index (χ4n) is 2.15. The maximum Gasteiger partial charge on any atom is 0.0546 e. The Morgan fingerprint density at radius 1 is 1.39 bits per heavy atom. The molecule has 0 heterocycles. The predicted molar refractivity (Wildman–Crippen MR) is 81.0 cm³/mol. The van der Waals surface area contributed by atoms with E-state index in [-0.39, 0.29) is 0 Å². The first-order chi connectivity index (χ1) is 8.65. The van der Waals surface area contributed by atoms with Crippen LogP contribution in [-0.4, -0.2) is 26.3 Å². The highest BCUT2D eigenvalue weighted by Gasteiger charge is 2.13. The summed E-state index contributed by atoms with van der Waals surface area (Å²) in [4.78, 5) is 0. The smallest absolute Gasteiger partial charge is 0.0546 e. The van der Waals surface area contributed by atoms with Gasteiger partial charge in [-0.1, -0.05) is 35.0 Å². The largest absolute Gasteiger partial charge is 0.382 e. The van der Waals surface area contributed by atoms with Crippen molar-refractivity contribution in [3.63, 3.8) is 0 Å². The van der Waals surface area contributed by atoms with Crippen LogP contribution in [0.3, 0.4) is 0 Å². The molecule has 0 aliphatic rings. The second-order valence-electron chi connectivity index (χ2n) is 4.79. The molecule has 0 aliphatic heterocycles. The summed E-state index contributed by atoms with van der Waals surface area (Å²) in [7, 11) is 1.79. The Morgan fingerprint density at radius 3 is 2.78 bits per heavy atom. The maximum absolute atomic E-state index is 5.39. The van der Waals surface area contributed by atoms with Crippen LogP contribution in [-0.2, 0) is 11.2 Å². The Balaban J connectivity index is 2.59. The number of nitrogens with one attached hydrogen (secondary N) is 1. The molecule has 0 aromatic heterocycles. The number of benzene rings is 1. The van der Waals surface area contributed by atoms with E-state index in [1.807, 2.05) is 0 Å². The van der Waals surface area contributed by atoms with E-state index in [1.54, 1.807) is 7.11 Å². The SMILES string of the molecule is CCNCC(Cc1cccc(Br)c1)CC(C)OC. The molecule has 1 rings (SSSR count). The van der Waals surface area contributed by atoms with Crippen LogP contribution in [0, 0.1) is 5.92 Å². The van der Waals surface area contributed by atoms with E-state index in [2.05, 4.69) is 59.4 Å². The van der Waals surface area contributed by atoms with Crippen molar-refractivity contribution in [2.75, 3.05) is 20.2 Å². The minimum Gasteiger partial charge on any atom is -0.382 e. The van der Waals surface area contributed by atoms with E-state index in [0.29, 0.717) is 12.0 Å². The van der Waals surface area contributed by atoms with Crippen LogP contribution in [0.4, 0.5) is 0 Å². The van der Waals surface area contributed by atoms with Gasteiger partial charge < -0.3 is 10.1 Å². The molecule has 0 amide bonds. The number of halogens is 1. The molecule has 2 unspecified atom stereocenters. The van der Waals surface area contributed by atoms with Gasteiger partial charge in [-0.3, -0.25) is 0 Å². The van der Waals surface area contributed by atoms with Gasteiger partial charge in [-0.25, -0.2) is 0 Å². The van der Waals surface area contributed by atoms with E-state index in [9.17, 15) is 0 Å². The molecule has 2 nitrogen and oxygen atoms in total. The monoisotopic (exact) mass is 313 g/mol. The predicted octanol–water partition coefficient (Wildman–Crippen LogP) is 3.64. The van der Waals surface area contributed by atoms with Gasteiger partial charge in [-0.2, -0.15) is 0 Å². The summed E-state index contributed by atoms with van der Waals surface area (Å²) >= 11 is 3.53. The summed E-state index contributed by atoms with van der Waals surface area (Å²) in [6.45, 7) is 6.36. The molecule has 0 radical (unpaired) electrons. The van der Waals surface area contributed by atoms with E-state index >= 15 is 0 Å². The van der Waals surface area contributed by atoms with Crippen molar-refractivity contribution in [2.24, 2.45) is 5.92 Å². The fourth-order valence-corrected chi connectivity index (χ4v) is 2.60. The lowest BCUT2D eigenvalue weighted by Crippen LogP contribution is -2.27. The second kappa shape index (κ2) is 8.68. The summed E-state index contributed by atoms with van der Waals surface area (Å²) in [6.07, 6.45) is 2.51. The normalized spacial score (nSPS) is 14.4. The van der Waals surface area contributed by atoms with Crippen LogP contribution in [0.5, 0.6) is 0 Å². The lowest BCUT2D eigenvalue weighted by Gasteiger charge is -2.21. The Bertz CT molecular complexity index is 343. The van der Waals surface area contributed by atoms with Crippen molar-refractivity contribution in [3.05, 3.63) is 34.3 Å². The van der Waals surface area contributed by atoms with Crippen molar-refractivity contribution in [1.82, 2.24) is 5.32 Å². The van der Waals surface area contributed by atoms with Crippen LogP contribution in [0.2, 0.25) is 0 Å². The topological polar surface area (TPSA) is 21.3 Å². The Labute approximate surface area is 119 Å². The molecular formula is C15H24BrNO. The van der Waals surface area contributed by atoms with Crippen molar-refractivity contribution >= 4 is 15.9 Å². The van der Waals surface area contributed by atoms with Gasteiger partial charge in [0.05, 0.1) is 6.10 Å². The van der Waals surface area contributed by atoms with Gasteiger partial charge >= 0.3 is 0 Å². The number of methoxy groups -OCH3 is 1. The molecular weight excluding hydrogens is 290 g/mol. The van der Waals surface area contributed by atoms with E-state index in [0.717, 1.165) is 30.4 Å². The van der Waals surface area contributed by atoms with Crippen molar-refractivity contribution in [2.45, 2.75) is 32.8 Å². The van der Waals surface area contributed by atoms with Crippen LogP contribution >= 0.6 is 15.9 Å². The Morgan fingerprint density at radius 2 is 2.17 bits per heavy atom. The van der Waals surface area contributed by atoms with Crippen molar-refractivity contribution in [3.8, 4) is 0 Å². The molecule has 1 aromatic carbocycles. The fraction of sp³-hybridized carbons (Fsp3) is 0.600. The quantitative estimate of drug-likeness (QED) is 0.791. The van der Waals surface area contributed by atoms with E-state index < -0.39 is 0 Å². The standard InChI is InChI=1S/C15H24BrNO/c1-4-17-11-14(8-12(2)18-3)9-13-6-5-7-15(16)10-13/h5-7,10,12,14,17H,4,8-9,11H2,1-3H3. The number of rotatable bonds is 8. The molecule has 0 fully saturated rings. The van der Waals surface area contributed by atoms with Gasteiger partial charge in [0.25, 0.3) is 0 Å². The summed E-state index contributed by atoms with van der Waals surface area (Å²) in [5.41, 5.74) is 1.38. The lowest BCUT2D eigenvalue weighted by atomic mass is 9.94. The minimum absolute atomic E-state index is 0.320. The summed E-state index contributed by atoms with van der Waals surface area (Å²) < 4.78 is 6.54. The van der Waals surface area contributed by atoms with Gasteiger partial charge in [0, 0.05) is 11.6 Å². The molecule has 1 N–H and O–H groups in total. The highest BCUT2D eigenvalue weighted by atomic mass is 79.9. The molecule has 0 saturated carbocycles. The van der Waals surface area contributed by atoms with E-state index in [1.165, 1.54) is 5.56 Å². The average molecular weight is 314 g/mol. The lowest BCUT2D eigenvalue weighted by molar-refractivity contribution is 0.0947. The first kappa shape index (κ1) is 15.7. The highest BCUT2D eigenvalue weighted by molar-refractivity contribution is 9.10. The van der Waals surface area contributed by atoms with Gasteiger partial charge in [0.1, 0.15) is 0 Å². The number of hydrogen-bond acceptors (Lipinski definition) is 2. The van der Waals surface area contributed by atoms with Crippen LogP contribution < -0.4 is 5.32 Å². The molecule has 0 aliphatic carbocycles. The van der Waals surface area contributed by atoms with Crippen molar-refractivity contribution < 1.29 is 4.74 Å². The van der Waals surface area contributed by atoms with E-state index in [4.69, 9.17) is 4.74 Å². The Hall–Kier alpha value is -0.380. The third-order valence-corrected chi connectivity index (χ3v) is 3.66. The molecule has 0 spiro atoms. The zero-order chi connectivity index (χ0) is 13.4. The minimum atomic E-state index is 0.320. The van der Waals surface area contributed by atoms with Crippen LogP contribution in [0.1, 0.15) is 25.8 Å². The molecule has 2 atom stereocenters. The third kappa shape index (κ3) is 5.98. The average Bonchev–Trinajstić information content (AvgIpc) is 2.35. The molecule has 0 bridgehead atoms. The Kier molecular flexibility index (Phi) is 7.56. The molecule has 3 heteroatoms. The zero-order valence-corrected chi connectivity index (χ0v) is 13.2. The highest BCUT2D eigenvalue weighted by Crippen LogP contribution is 2.18. The summed E-state index contributed by atoms with van der Waals surface area (Å²) in [5.74, 6) is 0.620. The molecule has 102 valence electrons. The molecule has 1 aromatic rings. The third-order valence-electron chi connectivity index (χ3n) is 3.16. The first-order valence-electron chi connectivity index (χ1n) is 6.63. The van der Waals surface area contributed by atoms with Gasteiger partial charge in [0.15, 0.2) is 0 Å².